The third-order valence-corrected chi connectivity index (χ3v) is 7.48. The van der Waals surface area contributed by atoms with Gasteiger partial charge in [0, 0.05) is 12.5 Å². The molecule has 7 rings (SSSR count). The fourth-order valence-corrected chi connectivity index (χ4v) is 7.52. The minimum atomic E-state index is 0.225. The molecule has 7 saturated carbocycles. The van der Waals surface area contributed by atoms with Crippen molar-refractivity contribution in [2.75, 3.05) is 0 Å². The van der Waals surface area contributed by atoms with Crippen molar-refractivity contribution in [2.45, 2.75) is 51.0 Å². The van der Waals surface area contributed by atoms with E-state index in [4.69, 9.17) is 0 Å². The predicted molar refractivity (Wildman–Crippen MR) is 68.7 cm³/mol. The Hall–Kier alpha value is -0.530. The average molecular weight is 245 g/mol. The lowest BCUT2D eigenvalue weighted by Crippen LogP contribution is -2.76. The number of amides is 1. The lowest BCUT2D eigenvalue weighted by molar-refractivity contribution is -0.225. The predicted octanol–water partition coefficient (Wildman–Crippen LogP) is 2.58. The van der Waals surface area contributed by atoms with Crippen molar-refractivity contribution in [3.63, 3.8) is 0 Å². The molecule has 0 radical (unpaired) electrons. The molecule has 1 N–H and O–H groups in total. The maximum Gasteiger partial charge on any atom is 0.217 e. The van der Waals surface area contributed by atoms with Crippen molar-refractivity contribution in [2.24, 2.45) is 41.4 Å². The van der Waals surface area contributed by atoms with Crippen LogP contribution in [0.15, 0.2) is 0 Å². The summed E-state index contributed by atoms with van der Waals surface area (Å²) in [5.41, 5.74) is 0.246. The Morgan fingerprint density at radius 3 is 2.17 bits per heavy atom. The van der Waals surface area contributed by atoms with Gasteiger partial charge >= 0.3 is 0 Å². The molecule has 0 aromatic rings. The zero-order valence-corrected chi connectivity index (χ0v) is 11.2. The van der Waals surface area contributed by atoms with Gasteiger partial charge in [0.15, 0.2) is 0 Å². The van der Waals surface area contributed by atoms with Crippen molar-refractivity contribution < 1.29 is 4.79 Å². The van der Waals surface area contributed by atoms with Crippen LogP contribution in [0.25, 0.3) is 0 Å². The first-order valence-electron chi connectivity index (χ1n) is 7.96. The summed E-state index contributed by atoms with van der Waals surface area (Å²) in [6, 6.07) is 0. The Morgan fingerprint density at radius 1 is 0.944 bits per heavy atom. The van der Waals surface area contributed by atoms with Crippen LogP contribution in [-0.4, -0.2) is 11.4 Å². The molecule has 0 aliphatic heterocycles. The zero-order valence-electron chi connectivity index (χ0n) is 11.2. The monoisotopic (exact) mass is 245 g/mol. The highest BCUT2D eigenvalue weighted by Crippen LogP contribution is 2.72. The second-order valence-electron chi connectivity index (χ2n) is 8.04. The maximum atomic E-state index is 11.7. The number of rotatable bonds is 1. The largest absolute Gasteiger partial charge is 0.350 e. The van der Waals surface area contributed by atoms with E-state index in [1.54, 1.807) is 6.92 Å². The van der Waals surface area contributed by atoms with E-state index in [0.717, 1.165) is 41.4 Å². The van der Waals surface area contributed by atoms with Crippen molar-refractivity contribution in [1.29, 1.82) is 0 Å². The third-order valence-electron chi connectivity index (χ3n) is 7.48. The van der Waals surface area contributed by atoms with Crippen molar-refractivity contribution in [3.8, 4) is 0 Å². The molecule has 4 atom stereocenters. The summed E-state index contributed by atoms with van der Waals surface area (Å²) in [6.45, 7) is 1.73. The van der Waals surface area contributed by atoms with E-state index in [9.17, 15) is 4.79 Å². The molecule has 2 nitrogen and oxygen atoms in total. The molecule has 7 aliphatic carbocycles. The molecular formula is C16H23NO. The highest BCUT2D eigenvalue weighted by atomic mass is 16.1. The Bertz CT molecular complexity index is 407. The van der Waals surface area contributed by atoms with Gasteiger partial charge in [0.05, 0.1) is 0 Å². The summed E-state index contributed by atoms with van der Waals surface area (Å²) in [4.78, 5) is 11.7. The van der Waals surface area contributed by atoms with Crippen molar-refractivity contribution in [3.05, 3.63) is 0 Å². The van der Waals surface area contributed by atoms with Gasteiger partial charge in [0.2, 0.25) is 5.91 Å². The Morgan fingerprint density at radius 2 is 1.56 bits per heavy atom. The maximum absolute atomic E-state index is 11.7. The normalized spacial score (nSPS) is 62.4. The van der Waals surface area contributed by atoms with Crippen LogP contribution < -0.4 is 5.32 Å². The van der Waals surface area contributed by atoms with E-state index < -0.39 is 0 Å². The highest BCUT2D eigenvalue weighted by molar-refractivity contribution is 5.74. The van der Waals surface area contributed by atoms with Crippen molar-refractivity contribution in [1.82, 2.24) is 5.32 Å². The van der Waals surface area contributed by atoms with E-state index in [2.05, 4.69) is 5.32 Å². The fraction of sp³-hybridized carbons (Fsp3) is 0.938. The van der Waals surface area contributed by atoms with Crippen LogP contribution in [0.5, 0.6) is 0 Å². The molecule has 0 aromatic heterocycles. The van der Waals surface area contributed by atoms with Gasteiger partial charge in [-0.25, -0.2) is 0 Å². The Kier molecular flexibility index (Phi) is 1.69. The van der Waals surface area contributed by atoms with Crippen LogP contribution in [0.4, 0.5) is 0 Å². The smallest absolute Gasteiger partial charge is 0.217 e. The van der Waals surface area contributed by atoms with E-state index in [-0.39, 0.29) is 11.4 Å². The lowest BCUT2D eigenvalue weighted by Gasteiger charge is -2.74. The van der Waals surface area contributed by atoms with Gasteiger partial charge in [-0.05, 0) is 80.0 Å². The first-order chi connectivity index (χ1) is 8.67. The second-order valence-corrected chi connectivity index (χ2v) is 8.04. The molecule has 7 fully saturated rings. The molecule has 0 saturated heterocycles. The van der Waals surface area contributed by atoms with Gasteiger partial charge in [-0.2, -0.15) is 0 Å². The molecule has 8 bridgehead atoms. The number of hydrogen-bond donors (Lipinski definition) is 1. The van der Waals surface area contributed by atoms with Crippen LogP contribution in [0.2, 0.25) is 0 Å². The second kappa shape index (κ2) is 2.96. The molecule has 0 unspecified atom stereocenters. The molecule has 18 heavy (non-hydrogen) atoms. The van der Waals surface area contributed by atoms with Crippen LogP contribution in [0, 0.1) is 41.4 Å². The SMILES string of the molecule is CC(=O)NC12CC3C[C@@H]4C5CC(C[C@@H]41)C[C@H]2[C@@H]5C3. The summed E-state index contributed by atoms with van der Waals surface area (Å²) in [7, 11) is 0. The minimum Gasteiger partial charge on any atom is -0.350 e. The van der Waals surface area contributed by atoms with Gasteiger partial charge < -0.3 is 5.32 Å². The van der Waals surface area contributed by atoms with Gasteiger partial charge in [0.25, 0.3) is 0 Å². The fourth-order valence-electron chi connectivity index (χ4n) is 7.52. The first kappa shape index (κ1) is 10.3. The summed E-state index contributed by atoms with van der Waals surface area (Å²) < 4.78 is 0. The van der Waals surface area contributed by atoms with Crippen LogP contribution in [-0.2, 0) is 4.79 Å². The topological polar surface area (TPSA) is 29.1 Å². The van der Waals surface area contributed by atoms with Gasteiger partial charge in [-0.15, -0.1) is 0 Å². The molecule has 0 aromatic carbocycles. The summed E-state index contributed by atoms with van der Waals surface area (Å²) in [6.07, 6.45) is 8.69. The van der Waals surface area contributed by atoms with Crippen LogP contribution in [0.1, 0.15) is 45.4 Å². The van der Waals surface area contributed by atoms with Crippen molar-refractivity contribution >= 4 is 5.91 Å². The average Bonchev–Trinajstić information content (AvgIpc) is 2.34. The van der Waals surface area contributed by atoms with E-state index in [0.29, 0.717) is 0 Å². The van der Waals surface area contributed by atoms with E-state index >= 15 is 0 Å². The zero-order chi connectivity index (χ0) is 12.1. The van der Waals surface area contributed by atoms with Gasteiger partial charge in [-0.3, -0.25) is 4.79 Å². The quantitative estimate of drug-likeness (QED) is 0.756. The number of hydrogen-bond acceptors (Lipinski definition) is 1. The summed E-state index contributed by atoms with van der Waals surface area (Å²) in [5.74, 6) is 6.85. The van der Waals surface area contributed by atoms with E-state index in [1.165, 1.54) is 38.5 Å². The molecule has 7 aliphatic rings. The Labute approximate surface area is 109 Å². The molecule has 98 valence electrons. The lowest BCUT2D eigenvalue weighted by atomic mass is 9.33. The van der Waals surface area contributed by atoms with E-state index in [1.807, 2.05) is 0 Å². The number of carbonyl (C=O) groups is 1. The summed E-state index contributed by atoms with van der Waals surface area (Å²) >= 11 is 0. The highest BCUT2D eigenvalue weighted by Gasteiger charge is 2.70. The molecule has 2 heteroatoms. The Balaban J connectivity index is 1.65. The molecule has 0 spiro atoms. The van der Waals surface area contributed by atoms with Gasteiger partial charge in [0.1, 0.15) is 0 Å². The first-order valence-corrected chi connectivity index (χ1v) is 7.96. The molecule has 1 amide bonds. The van der Waals surface area contributed by atoms with Gasteiger partial charge in [-0.1, -0.05) is 0 Å². The summed E-state index contributed by atoms with van der Waals surface area (Å²) in [5, 5.41) is 3.49. The standard InChI is InChI=1S/C16H23NO/c1-8(18)17-16-7-10-3-12-11-2-9(5-14(12)16)6-15(16)13(11)4-10/h9-15H,2-7H2,1H3,(H,17,18)/t9?,10?,11?,12-,13-,14+,15+,16?/m1/s1. The minimum absolute atomic E-state index is 0.225. The van der Waals surface area contributed by atoms with Crippen LogP contribution in [0.3, 0.4) is 0 Å². The molecular weight excluding hydrogens is 222 g/mol. The molecule has 0 heterocycles. The van der Waals surface area contributed by atoms with Crippen LogP contribution >= 0.6 is 0 Å². The number of nitrogens with one attached hydrogen (secondary N) is 1. The number of carbonyl (C=O) groups excluding carboxylic acids is 1. The third kappa shape index (κ3) is 0.981.